The van der Waals surface area contributed by atoms with Crippen LogP contribution >= 0.6 is 0 Å². The summed E-state index contributed by atoms with van der Waals surface area (Å²) in [7, 11) is 0. The van der Waals surface area contributed by atoms with Gasteiger partial charge in [0.1, 0.15) is 5.82 Å². The topological polar surface area (TPSA) is 124 Å². The summed E-state index contributed by atoms with van der Waals surface area (Å²) >= 11 is 0. The van der Waals surface area contributed by atoms with Crippen molar-refractivity contribution < 1.29 is 9.59 Å². The fourth-order valence-electron chi connectivity index (χ4n) is 2.54. The number of hydrogen-bond donors (Lipinski definition) is 4. The molecule has 0 fully saturated rings. The normalized spacial score (nSPS) is 11.4. The maximum absolute atomic E-state index is 12.6. The van der Waals surface area contributed by atoms with E-state index in [0.29, 0.717) is 17.2 Å². The summed E-state index contributed by atoms with van der Waals surface area (Å²) in [6.07, 6.45) is 6.40. The predicted octanol–water partition coefficient (Wildman–Crippen LogP) is 2.70. The number of rotatable bonds is 6. The molecule has 2 aromatic heterocycles. The summed E-state index contributed by atoms with van der Waals surface area (Å²) in [5.74, 6) is -1.73. The lowest BCUT2D eigenvalue weighted by molar-refractivity contribution is -0.126. The number of carbonyl (C=O) groups is 2. The minimum atomic E-state index is -1.24. The molecular formula is C19H18N6O2. The van der Waals surface area contributed by atoms with Crippen molar-refractivity contribution in [1.29, 1.82) is 5.41 Å². The van der Waals surface area contributed by atoms with Gasteiger partial charge in [0.2, 0.25) is 11.8 Å². The van der Waals surface area contributed by atoms with E-state index < -0.39 is 17.7 Å². The van der Waals surface area contributed by atoms with Crippen molar-refractivity contribution in [2.75, 3.05) is 10.6 Å². The molecule has 0 saturated carbocycles. The van der Waals surface area contributed by atoms with Gasteiger partial charge in [-0.3, -0.25) is 14.6 Å². The molecule has 2 heterocycles. The minimum absolute atomic E-state index is 0.0544. The van der Waals surface area contributed by atoms with E-state index >= 15 is 0 Å². The van der Waals surface area contributed by atoms with Gasteiger partial charge < -0.3 is 21.0 Å². The lowest BCUT2D eigenvalue weighted by atomic mass is 10.0. The quantitative estimate of drug-likeness (QED) is 0.397. The van der Waals surface area contributed by atoms with Crippen LogP contribution in [0, 0.1) is 11.3 Å². The van der Waals surface area contributed by atoms with Crippen LogP contribution in [0.4, 0.5) is 11.4 Å². The van der Waals surface area contributed by atoms with E-state index in [9.17, 15) is 9.59 Å². The van der Waals surface area contributed by atoms with Gasteiger partial charge in [0, 0.05) is 47.4 Å². The molecule has 0 aliphatic carbocycles. The first-order valence-electron chi connectivity index (χ1n) is 8.21. The van der Waals surface area contributed by atoms with E-state index in [1.807, 2.05) is 6.07 Å². The smallest absolute Gasteiger partial charge is 0.242 e. The summed E-state index contributed by atoms with van der Waals surface area (Å²) in [4.78, 5) is 36.2. The van der Waals surface area contributed by atoms with Crippen LogP contribution in [0.25, 0.3) is 11.4 Å². The monoisotopic (exact) mass is 362 g/mol. The highest BCUT2D eigenvalue weighted by atomic mass is 16.2. The third kappa shape index (κ3) is 4.43. The van der Waals surface area contributed by atoms with Crippen molar-refractivity contribution in [3.05, 3.63) is 61.2 Å². The molecular weight excluding hydrogens is 344 g/mol. The molecule has 1 aromatic carbocycles. The fourth-order valence-corrected chi connectivity index (χ4v) is 2.54. The molecule has 3 aromatic rings. The summed E-state index contributed by atoms with van der Waals surface area (Å²) < 4.78 is 0. The van der Waals surface area contributed by atoms with Gasteiger partial charge in [0.25, 0.3) is 0 Å². The molecule has 136 valence electrons. The Hall–Kier alpha value is -3.81. The number of amides is 2. The molecule has 8 heteroatoms. The number of imidazole rings is 1. The highest BCUT2D eigenvalue weighted by Crippen LogP contribution is 2.20. The number of aromatic amines is 1. The molecule has 1 unspecified atom stereocenters. The van der Waals surface area contributed by atoms with E-state index in [1.54, 1.807) is 42.7 Å². The van der Waals surface area contributed by atoms with Crippen LogP contribution < -0.4 is 10.6 Å². The van der Waals surface area contributed by atoms with E-state index in [1.165, 1.54) is 19.3 Å². The van der Waals surface area contributed by atoms with E-state index in [2.05, 4.69) is 25.6 Å². The second kappa shape index (κ2) is 8.05. The van der Waals surface area contributed by atoms with E-state index in [-0.39, 0.29) is 5.71 Å². The second-order valence-corrected chi connectivity index (χ2v) is 5.85. The fraction of sp³-hybridized carbons (Fsp3) is 0.105. The molecule has 0 spiro atoms. The average molecular weight is 362 g/mol. The first-order chi connectivity index (χ1) is 13.0. The predicted molar refractivity (Wildman–Crippen MR) is 102 cm³/mol. The minimum Gasteiger partial charge on any atom is -0.345 e. The van der Waals surface area contributed by atoms with Gasteiger partial charge in [-0.05, 0) is 31.2 Å². The number of carbonyl (C=O) groups excluding carboxylic acids is 2. The molecule has 8 nitrogen and oxygen atoms in total. The van der Waals surface area contributed by atoms with Crippen molar-refractivity contribution in [1.82, 2.24) is 15.0 Å². The molecule has 0 bridgehead atoms. The standard InChI is InChI=1S/C19H18N6O2/c1-12(20)16(18(26)24-14-5-7-21-8-6-14)19(27)25-15-4-2-3-13(11-15)17-22-9-10-23-17/h2-11,16,20H,1H3,(H,22,23)(H,25,27)(H,21,24,26). The average Bonchev–Trinajstić information content (AvgIpc) is 3.17. The van der Waals surface area contributed by atoms with Crippen molar-refractivity contribution in [2.45, 2.75) is 6.92 Å². The number of pyridine rings is 1. The second-order valence-electron chi connectivity index (χ2n) is 5.85. The molecule has 3 rings (SSSR count). The van der Waals surface area contributed by atoms with Gasteiger partial charge >= 0.3 is 0 Å². The maximum Gasteiger partial charge on any atom is 0.242 e. The van der Waals surface area contributed by atoms with Gasteiger partial charge in [-0.1, -0.05) is 12.1 Å². The largest absolute Gasteiger partial charge is 0.345 e. The zero-order valence-corrected chi connectivity index (χ0v) is 14.6. The maximum atomic E-state index is 12.6. The van der Waals surface area contributed by atoms with Crippen molar-refractivity contribution in [3.8, 4) is 11.4 Å². The first-order valence-corrected chi connectivity index (χ1v) is 8.21. The van der Waals surface area contributed by atoms with Gasteiger partial charge in [0.05, 0.1) is 0 Å². The number of anilines is 2. The van der Waals surface area contributed by atoms with E-state index in [0.717, 1.165) is 5.56 Å². The van der Waals surface area contributed by atoms with Crippen LogP contribution in [-0.2, 0) is 9.59 Å². The first kappa shape index (κ1) is 18.0. The summed E-state index contributed by atoms with van der Waals surface area (Å²) in [6, 6.07) is 10.3. The Morgan fingerprint density at radius 1 is 1.04 bits per heavy atom. The third-order valence-electron chi connectivity index (χ3n) is 3.81. The lowest BCUT2D eigenvalue weighted by Crippen LogP contribution is -2.38. The molecule has 0 aliphatic rings. The molecule has 2 amide bonds. The van der Waals surface area contributed by atoms with Gasteiger partial charge in [0.15, 0.2) is 5.92 Å². The molecule has 0 aliphatic heterocycles. The third-order valence-corrected chi connectivity index (χ3v) is 3.81. The van der Waals surface area contributed by atoms with E-state index in [4.69, 9.17) is 5.41 Å². The molecule has 27 heavy (non-hydrogen) atoms. The number of benzene rings is 1. The molecule has 0 saturated heterocycles. The molecule has 0 radical (unpaired) electrons. The Bertz CT molecular complexity index is 953. The van der Waals surface area contributed by atoms with Crippen LogP contribution in [0.15, 0.2) is 61.2 Å². The molecule has 1 atom stereocenters. The highest BCUT2D eigenvalue weighted by molar-refractivity contribution is 6.24. The van der Waals surface area contributed by atoms with Gasteiger partial charge in [-0.25, -0.2) is 4.98 Å². The number of nitrogens with one attached hydrogen (secondary N) is 4. The van der Waals surface area contributed by atoms with Crippen LogP contribution in [0.5, 0.6) is 0 Å². The summed E-state index contributed by atoms with van der Waals surface area (Å²) in [5.41, 5.74) is 1.76. The van der Waals surface area contributed by atoms with Gasteiger partial charge in [-0.15, -0.1) is 0 Å². The van der Waals surface area contributed by atoms with Crippen LogP contribution in [0.3, 0.4) is 0 Å². The summed E-state index contributed by atoms with van der Waals surface area (Å²) in [6.45, 7) is 1.43. The molecule has 4 N–H and O–H groups in total. The Morgan fingerprint density at radius 3 is 2.37 bits per heavy atom. The van der Waals surface area contributed by atoms with Crippen molar-refractivity contribution in [2.24, 2.45) is 5.92 Å². The summed E-state index contributed by atoms with van der Waals surface area (Å²) in [5, 5.41) is 13.2. The number of nitrogens with zero attached hydrogens (tertiary/aromatic N) is 2. The van der Waals surface area contributed by atoms with Crippen LogP contribution in [0.1, 0.15) is 6.92 Å². The van der Waals surface area contributed by atoms with Gasteiger partial charge in [-0.2, -0.15) is 0 Å². The zero-order valence-electron chi connectivity index (χ0n) is 14.6. The zero-order chi connectivity index (χ0) is 19.2. The Morgan fingerprint density at radius 2 is 1.74 bits per heavy atom. The number of hydrogen-bond acceptors (Lipinski definition) is 5. The Balaban J connectivity index is 1.75. The van der Waals surface area contributed by atoms with Crippen molar-refractivity contribution >= 4 is 28.9 Å². The Kier molecular flexibility index (Phi) is 5.36. The SMILES string of the molecule is CC(=N)C(C(=O)Nc1ccncc1)C(=O)Nc1cccc(-c2ncc[nH]2)c1. The lowest BCUT2D eigenvalue weighted by Gasteiger charge is -2.16. The number of aromatic nitrogens is 3. The van der Waals surface area contributed by atoms with Crippen molar-refractivity contribution in [3.63, 3.8) is 0 Å². The Labute approximate surface area is 155 Å². The van der Waals surface area contributed by atoms with Crippen LogP contribution in [0.2, 0.25) is 0 Å². The van der Waals surface area contributed by atoms with Crippen LogP contribution in [-0.4, -0.2) is 32.5 Å². The number of H-pyrrole nitrogens is 1. The highest BCUT2D eigenvalue weighted by Gasteiger charge is 2.29.